The van der Waals surface area contributed by atoms with Gasteiger partial charge in [0.15, 0.2) is 0 Å². The van der Waals surface area contributed by atoms with Gasteiger partial charge < -0.3 is 9.47 Å². The fraction of sp³-hybridized carbons (Fsp3) is 0.353. The molecule has 2 aromatic heterocycles. The Morgan fingerprint density at radius 2 is 1.92 bits per heavy atom. The summed E-state index contributed by atoms with van der Waals surface area (Å²) in [6, 6.07) is 9.23. The van der Waals surface area contributed by atoms with Crippen LogP contribution < -0.4 is 5.69 Å². The average molecular weight is 355 g/mol. The molecular weight excluding hydrogens is 334 g/mol. The molecule has 0 fully saturated rings. The molecule has 0 aliphatic heterocycles. The van der Waals surface area contributed by atoms with Crippen LogP contribution in [-0.4, -0.2) is 52.9 Å². The number of hydrogen-bond acceptors (Lipinski definition) is 5. The Hall–Kier alpha value is -3.23. The predicted octanol–water partition coefficient (Wildman–Crippen LogP) is 1.37. The minimum Gasteiger partial charge on any atom is -0.321 e. The van der Waals surface area contributed by atoms with Crippen molar-refractivity contribution >= 4 is 6.03 Å². The van der Waals surface area contributed by atoms with Crippen LogP contribution in [0.2, 0.25) is 0 Å². The molecule has 0 aliphatic rings. The summed E-state index contributed by atoms with van der Waals surface area (Å²) in [7, 11) is 0. The maximum Gasteiger partial charge on any atom is 0.380 e. The minimum atomic E-state index is -0.644. The van der Waals surface area contributed by atoms with Crippen LogP contribution in [-0.2, 0) is 6.54 Å². The Balaban J connectivity index is 1.93. The number of aromatic nitrogens is 6. The van der Waals surface area contributed by atoms with Crippen LogP contribution in [0.4, 0.5) is 4.79 Å². The van der Waals surface area contributed by atoms with Crippen molar-refractivity contribution < 1.29 is 4.79 Å². The summed E-state index contributed by atoms with van der Waals surface area (Å²) >= 11 is 0. The summed E-state index contributed by atoms with van der Waals surface area (Å²) in [5.41, 5.74) is 0.412. The zero-order valence-electron chi connectivity index (χ0n) is 15.0. The normalized spacial score (nSPS) is 11.1. The highest BCUT2D eigenvalue weighted by atomic mass is 16.2. The van der Waals surface area contributed by atoms with Crippen molar-refractivity contribution in [1.82, 2.24) is 34.2 Å². The zero-order valence-corrected chi connectivity index (χ0v) is 15.0. The average Bonchev–Trinajstić information content (AvgIpc) is 3.22. The van der Waals surface area contributed by atoms with E-state index in [1.807, 2.05) is 51.1 Å². The van der Waals surface area contributed by atoms with Gasteiger partial charge in [-0.05, 0) is 36.8 Å². The lowest BCUT2D eigenvalue weighted by Gasteiger charge is -2.23. The topological polar surface area (TPSA) is 90.8 Å². The molecule has 3 aromatic rings. The predicted molar refractivity (Wildman–Crippen MR) is 95.3 cm³/mol. The number of tetrazole rings is 1. The van der Waals surface area contributed by atoms with Crippen molar-refractivity contribution in [3.8, 4) is 5.95 Å². The SMILES string of the molecule is CCN(C(=O)n1nnn(-c2nccn2Cc2ccccc2)c1=O)C(C)C. The van der Waals surface area contributed by atoms with Crippen molar-refractivity contribution in [3.05, 3.63) is 58.8 Å². The van der Waals surface area contributed by atoms with Crippen molar-refractivity contribution in [3.63, 3.8) is 0 Å². The number of carbonyl (C=O) groups is 1. The lowest BCUT2D eigenvalue weighted by atomic mass is 10.2. The maximum atomic E-state index is 12.7. The number of nitrogens with zero attached hydrogens (tertiary/aromatic N) is 7. The van der Waals surface area contributed by atoms with Gasteiger partial charge in [0.05, 0.1) is 6.54 Å². The first-order valence-electron chi connectivity index (χ1n) is 8.44. The Morgan fingerprint density at radius 1 is 1.19 bits per heavy atom. The van der Waals surface area contributed by atoms with E-state index in [1.165, 1.54) is 4.90 Å². The Labute approximate surface area is 150 Å². The minimum absolute atomic E-state index is 0.0513. The van der Waals surface area contributed by atoms with E-state index in [2.05, 4.69) is 15.4 Å². The third-order valence-electron chi connectivity index (χ3n) is 4.05. The van der Waals surface area contributed by atoms with Crippen LogP contribution in [0.5, 0.6) is 0 Å². The molecule has 0 unspecified atom stereocenters. The summed E-state index contributed by atoms with van der Waals surface area (Å²) in [6.07, 6.45) is 3.33. The zero-order chi connectivity index (χ0) is 18.7. The van der Waals surface area contributed by atoms with Gasteiger partial charge in [0.25, 0.3) is 0 Å². The van der Waals surface area contributed by atoms with E-state index >= 15 is 0 Å². The monoisotopic (exact) mass is 355 g/mol. The van der Waals surface area contributed by atoms with Gasteiger partial charge in [0.1, 0.15) is 0 Å². The fourth-order valence-electron chi connectivity index (χ4n) is 2.74. The van der Waals surface area contributed by atoms with Gasteiger partial charge >= 0.3 is 11.7 Å². The molecule has 0 radical (unpaired) electrons. The summed E-state index contributed by atoms with van der Waals surface area (Å²) < 4.78 is 3.58. The Morgan fingerprint density at radius 3 is 2.58 bits per heavy atom. The first-order chi connectivity index (χ1) is 12.5. The highest BCUT2D eigenvalue weighted by Gasteiger charge is 2.23. The number of hydrogen-bond donors (Lipinski definition) is 0. The smallest absolute Gasteiger partial charge is 0.321 e. The number of carbonyl (C=O) groups excluding carboxylic acids is 1. The molecule has 0 N–H and O–H groups in total. The lowest BCUT2D eigenvalue weighted by molar-refractivity contribution is 0.184. The molecule has 0 spiro atoms. The molecule has 0 saturated carbocycles. The molecule has 2 heterocycles. The summed E-state index contributed by atoms with van der Waals surface area (Å²) in [4.78, 5) is 30.9. The standard InChI is InChI=1S/C17H21N7O2/c1-4-22(13(2)3)16(25)24-17(26)23(19-20-24)15-18-10-11-21(15)12-14-8-6-5-7-9-14/h5-11,13H,4,12H2,1-3H3. The molecule has 136 valence electrons. The van der Waals surface area contributed by atoms with Crippen LogP contribution in [0.1, 0.15) is 26.3 Å². The first kappa shape index (κ1) is 17.6. The van der Waals surface area contributed by atoms with E-state index in [9.17, 15) is 9.59 Å². The maximum absolute atomic E-state index is 12.7. The molecule has 0 atom stereocenters. The van der Waals surface area contributed by atoms with Crippen LogP contribution in [0.3, 0.4) is 0 Å². The summed E-state index contributed by atoms with van der Waals surface area (Å²) in [6.45, 7) is 6.60. The Bertz CT molecular complexity index is 939. The molecule has 0 bridgehead atoms. The van der Waals surface area contributed by atoms with Crippen molar-refractivity contribution in [2.24, 2.45) is 0 Å². The highest BCUT2D eigenvalue weighted by molar-refractivity contribution is 5.75. The van der Waals surface area contributed by atoms with E-state index in [1.54, 1.807) is 17.0 Å². The van der Waals surface area contributed by atoms with Crippen LogP contribution in [0.15, 0.2) is 47.5 Å². The second kappa shape index (κ2) is 7.34. The second-order valence-corrected chi connectivity index (χ2v) is 6.09. The molecule has 0 saturated heterocycles. The first-order valence-corrected chi connectivity index (χ1v) is 8.44. The van der Waals surface area contributed by atoms with Crippen LogP contribution in [0.25, 0.3) is 5.95 Å². The number of amides is 1. The van der Waals surface area contributed by atoms with Gasteiger partial charge in [-0.1, -0.05) is 30.3 Å². The highest BCUT2D eigenvalue weighted by Crippen LogP contribution is 2.07. The third kappa shape index (κ3) is 3.28. The molecule has 9 heteroatoms. The van der Waals surface area contributed by atoms with Crippen molar-refractivity contribution in [2.75, 3.05) is 6.54 Å². The molecule has 1 amide bonds. The molecule has 0 aliphatic carbocycles. The van der Waals surface area contributed by atoms with Gasteiger partial charge in [0.2, 0.25) is 5.95 Å². The molecule has 1 aromatic carbocycles. The van der Waals surface area contributed by atoms with Crippen LogP contribution in [0, 0.1) is 0 Å². The van der Waals surface area contributed by atoms with Crippen LogP contribution >= 0.6 is 0 Å². The van der Waals surface area contributed by atoms with Gasteiger partial charge in [-0.25, -0.2) is 14.6 Å². The van der Waals surface area contributed by atoms with E-state index in [0.717, 1.165) is 14.9 Å². The quantitative estimate of drug-likeness (QED) is 0.645. The molecule has 9 nitrogen and oxygen atoms in total. The van der Waals surface area contributed by atoms with Crippen molar-refractivity contribution in [2.45, 2.75) is 33.4 Å². The molecular formula is C17H21N7O2. The fourth-order valence-corrected chi connectivity index (χ4v) is 2.74. The number of rotatable bonds is 5. The third-order valence-corrected chi connectivity index (χ3v) is 4.05. The van der Waals surface area contributed by atoms with Gasteiger partial charge in [0, 0.05) is 25.0 Å². The van der Waals surface area contributed by atoms with E-state index in [-0.39, 0.29) is 6.04 Å². The van der Waals surface area contributed by atoms with E-state index < -0.39 is 11.7 Å². The summed E-state index contributed by atoms with van der Waals surface area (Å²) in [5.74, 6) is 0.311. The number of imidazole rings is 1. The second-order valence-electron chi connectivity index (χ2n) is 6.09. The number of benzene rings is 1. The molecule has 3 rings (SSSR count). The van der Waals surface area contributed by atoms with Crippen molar-refractivity contribution in [1.29, 1.82) is 0 Å². The lowest BCUT2D eigenvalue weighted by Crippen LogP contribution is -2.44. The largest absolute Gasteiger partial charge is 0.380 e. The van der Waals surface area contributed by atoms with Gasteiger partial charge in [-0.2, -0.15) is 0 Å². The van der Waals surface area contributed by atoms with Gasteiger partial charge in [-0.3, -0.25) is 0 Å². The van der Waals surface area contributed by atoms with Gasteiger partial charge in [-0.15, -0.1) is 9.36 Å². The summed E-state index contributed by atoms with van der Waals surface area (Å²) in [5, 5.41) is 7.59. The van der Waals surface area contributed by atoms with E-state index in [4.69, 9.17) is 0 Å². The molecule has 26 heavy (non-hydrogen) atoms. The van der Waals surface area contributed by atoms with E-state index in [0.29, 0.717) is 19.0 Å². The Kier molecular flexibility index (Phi) is 4.97.